The first kappa shape index (κ1) is 16.2. The van der Waals surface area contributed by atoms with Crippen molar-refractivity contribution in [2.75, 3.05) is 18.4 Å². The fourth-order valence-electron chi connectivity index (χ4n) is 1.64. The molecule has 0 aliphatic rings. The van der Waals surface area contributed by atoms with Crippen LogP contribution in [0.4, 0.5) is 5.69 Å². The highest BCUT2D eigenvalue weighted by atomic mass is 16.4. The van der Waals surface area contributed by atoms with E-state index >= 15 is 0 Å². The van der Waals surface area contributed by atoms with Gasteiger partial charge in [0, 0.05) is 18.2 Å². The van der Waals surface area contributed by atoms with E-state index < -0.39 is 30.9 Å². The number of hydrogen-bond acceptors (Lipinski definition) is 4. The Morgan fingerprint density at radius 3 is 2.14 bits per heavy atom. The van der Waals surface area contributed by atoms with Crippen LogP contribution in [-0.4, -0.2) is 52.0 Å². The molecule has 1 aromatic rings. The molecule has 1 rings (SSSR count). The lowest BCUT2D eigenvalue weighted by molar-refractivity contribution is -0.140. The minimum absolute atomic E-state index is 0.0868. The number of nitrogens with zero attached hydrogens (tertiary/aromatic N) is 1. The molecule has 0 fully saturated rings. The molecule has 0 aliphatic carbocycles. The number of nitrogens with one attached hydrogen (secondary N) is 1. The molecule has 0 saturated carbocycles. The number of benzene rings is 1. The largest absolute Gasteiger partial charge is 0.480 e. The Morgan fingerprint density at radius 2 is 1.67 bits per heavy atom. The van der Waals surface area contributed by atoms with E-state index in [4.69, 9.17) is 10.2 Å². The molecule has 0 unspecified atom stereocenters. The topological polar surface area (TPSA) is 124 Å². The lowest BCUT2D eigenvalue weighted by Crippen LogP contribution is -2.39. The number of anilines is 1. The van der Waals surface area contributed by atoms with Crippen LogP contribution >= 0.6 is 0 Å². The monoisotopic (exact) mass is 294 g/mol. The molecule has 0 spiro atoms. The lowest BCUT2D eigenvalue weighted by Gasteiger charge is -2.18. The van der Waals surface area contributed by atoms with E-state index in [0.29, 0.717) is 10.6 Å². The van der Waals surface area contributed by atoms with Crippen LogP contribution < -0.4 is 5.32 Å². The van der Waals surface area contributed by atoms with Crippen LogP contribution in [0.3, 0.4) is 0 Å². The zero-order valence-electron chi connectivity index (χ0n) is 11.2. The van der Waals surface area contributed by atoms with Gasteiger partial charge in [0.2, 0.25) is 5.91 Å². The maximum Gasteiger partial charge on any atom is 0.323 e. The van der Waals surface area contributed by atoms with Gasteiger partial charge in [0.25, 0.3) is 5.91 Å². The van der Waals surface area contributed by atoms with Gasteiger partial charge in [-0.25, -0.2) is 0 Å². The highest BCUT2D eigenvalue weighted by Gasteiger charge is 2.21. The van der Waals surface area contributed by atoms with Crippen LogP contribution in [-0.2, 0) is 14.4 Å². The van der Waals surface area contributed by atoms with E-state index in [1.54, 1.807) is 6.07 Å². The van der Waals surface area contributed by atoms with Gasteiger partial charge in [-0.1, -0.05) is 6.07 Å². The van der Waals surface area contributed by atoms with Gasteiger partial charge in [-0.3, -0.25) is 19.2 Å². The second kappa shape index (κ2) is 7.04. The highest BCUT2D eigenvalue weighted by molar-refractivity contribution is 5.99. The minimum atomic E-state index is -1.32. The summed E-state index contributed by atoms with van der Waals surface area (Å²) in [6.07, 6.45) is 0. The number of rotatable bonds is 6. The molecule has 0 heterocycles. The van der Waals surface area contributed by atoms with Crippen molar-refractivity contribution in [1.82, 2.24) is 4.90 Å². The summed E-state index contributed by atoms with van der Waals surface area (Å²) in [6.45, 7) is -0.152. The van der Waals surface area contributed by atoms with Crippen molar-refractivity contribution in [2.45, 2.75) is 6.92 Å². The summed E-state index contributed by atoms with van der Waals surface area (Å²) in [6, 6.07) is 5.81. The van der Waals surface area contributed by atoms with Crippen LogP contribution in [0.5, 0.6) is 0 Å². The average Bonchev–Trinajstić information content (AvgIpc) is 2.35. The Balaban J connectivity index is 2.99. The van der Waals surface area contributed by atoms with Gasteiger partial charge < -0.3 is 20.4 Å². The summed E-state index contributed by atoms with van der Waals surface area (Å²) < 4.78 is 0. The van der Waals surface area contributed by atoms with E-state index in [2.05, 4.69) is 5.32 Å². The van der Waals surface area contributed by atoms with E-state index in [1.807, 2.05) is 0 Å². The molecule has 0 radical (unpaired) electrons. The molecule has 0 aliphatic heterocycles. The smallest absolute Gasteiger partial charge is 0.323 e. The second-order valence-electron chi connectivity index (χ2n) is 4.21. The highest BCUT2D eigenvalue weighted by Crippen LogP contribution is 2.13. The van der Waals surface area contributed by atoms with Gasteiger partial charge in [-0.2, -0.15) is 0 Å². The van der Waals surface area contributed by atoms with Crippen LogP contribution in [0, 0.1) is 0 Å². The number of hydrogen-bond donors (Lipinski definition) is 3. The summed E-state index contributed by atoms with van der Waals surface area (Å²) in [5, 5.41) is 19.9. The normalized spacial score (nSPS) is 9.76. The fraction of sp³-hybridized carbons (Fsp3) is 0.231. The van der Waals surface area contributed by atoms with Gasteiger partial charge in [-0.05, 0) is 18.2 Å². The molecule has 8 heteroatoms. The molecule has 21 heavy (non-hydrogen) atoms. The predicted molar refractivity (Wildman–Crippen MR) is 71.9 cm³/mol. The molecular weight excluding hydrogens is 280 g/mol. The third-order valence-electron chi connectivity index (χ3n) is 2.37. The number of carboxylic acids is 2. The average molecular weight is 294 g/mol. The van der Waals surface area contributed by atoms with Gasteiger partial charge in [0.1, 0.15) is 13.1 Å². The van der Waals surface area contributed by atoms with E-state index in [9.17, 15) is 19.2 Å². The standard InChI is InChI=1S/C13H14N2O6/c1-8(16)14-10-4-2-3-9(5-10)13(21)15(6-11(17)18)7-12(19)20/h2-5H,6-7H2,1H3,(H,14,16)(H,17,18)(H,19,20). The van der Waals surface area contributed by atoms with Crippen molar-refractivity contribution in [3.05, 3.63) is 29.8 Å². The van der Waals surface area contributed by atoms with E-state index in [1.165, 1.54) is 25.1 Å². The fourth-order valence-corrected chi connectivity index (χ4v) is 1.64. The zero-order valence-corrected chi connectivity index (χ0v) is 11.2. The molecule has 0 atom stereocenters. The van der Waals surface area contributed by atoms with Crippen molar-refractivity contribution in [1.29, 1.82) is 0 Å². The third-order valence-corrected chi connectivity index (χ3v) is 2.37. The molecule has 0 aromatic heterocycles. The van der Waals surface area contributed by atoms with Crippen molar-refractivity contribution in [2.24, 2.45) is 0 Å². The number of aliphatic carboxylic acids is 2. The summed E-state index contributed by atoms with van der Waals surface area (Å²) >= 11 is 0. The summed E-state index contributed by atoms with van der Waals surface area (Å²) in [5.74, 6) is -3.70. The molecule has 112 valence electrons. The third kappa shape index (κ3) is 5.31. The molecule has 0 saturated heterocycles. The Bertz CT molecular complexity index is 568. The first-order valence-electron chi connectivity index (χ1n) is 5.90. The number of amides is 2. The van der Waals surface area contributed by atoms with Crippen molar-refractivity contribution < 1.29 is 29.4 Å². The van der Waals surface area contributed by atoms with Gasteiger partial charge in [0.05, 0.1) is 0 Å². The Morgan fingerprint density at radius 1 is 1.10 bits per heavy atom. The predicted octanol–water partition coefficient (Wildman–Crippen LogP) is 0.256. The summed E-state index contributed by atoms with van der Waals surface area (Å²) in [4.78, 5) is 45.2. The maximum atomic E-state index is 12.1. The van der Waals surface area contributed by atoms with Gasteiger partial charge in [0.15, 0.2) is 0 Å². The van der Waals surface area contributed by atoms with Crippen LogP contribution in [0.25, 0.3) is 0 Å². The van der Waals surface area contributed by atoms with Gasteiger partial charge in [-0.15, -0.1) is 0 Å². The van der Waals surface area contributed by atoms with Gasteiger partial charge >= 0.3 is 11.9 Å². The number of carbonyl (C=O) groups excluding carboxylic acids is 2. The van der Waals surface area contributed by atoms with E-state index in [-0.39, 0.29) is 11.5 Å². The van der Waals surface area contributed by atoms with Crippen LogP contribution in [0.1, 0.15) is 17.3 Å². The quantitative estimate of drug-likeness (QED) is 0.691. The van der Waals surface area contributed by atoms with E-state index in [0.717, 1.165) is 0 Å². The molecule has 0 bridgehead atoms. The first-order chi connectivity index (χ1) is 9.79. The molecule has 8 nitrogen and oxygen atoms in total. The molecular formula is C13H14N2O6. The number of carboxylic acid groups (broad SMARTS) is 2. The zero-order chi connectivity index (χ0) is 16.0. The Hall–Kier alpha value is -2.90. The maximum absolute atomic E-state index is 12.1. The first-order valence-corrected chi connectivity index (χ1v) is 5.90. The molecule has 3 N–H and O–H groups in total. The Kier molecular flexibility index (Phi) is 5.41. The summed E-state index contributed by atoms with van der Waals surface area (Å²) in [5.41, 5.74) is 0.447. The molecule has 2 amide bonds. The van der Waals surface area contributed by atoms with Crippen molar-refractivity contribution >= 4 is 29.4 Å². The minimum Gasteiger partial charge on any atom is -0.480 e. The van der Waals surface area contributed by atoms with Crippen molar-refractivity contribution in [3.63, 3.8) is 0 Å². The number of carbonyl (C=O) groups is 4. The van der Waals surface area contributed by atoms with Crippen LogP contribution in [0.15, 0.2) is 24.3 Å². The SMILES string of the molecule is CC(=O)Nc1cccc(C(=O)N(CC(=O)O)CC(=O)O)c1. The Labute approximate surface area is 120 Å². The van der Waals surface area contributed by atoms with Crippen LogP contribution in [0.2, 0.25) is 0 Å². The summed E-state index contributed by atoms with van der Waals surface area (Å²) in [7, 11) is 0. The van der Waals surface area contributed by atoms with Crippen molar-refractivity contribution in [3.8, 4) is 0 Å². The lowest BCUT2D eigenvalue weighted by atomic mass is 10.1. The second-order valence-corrected chi connectivity index (χ2v) is 4.21. The molecule has 1 aromatic carbocycles.